The molecule has 1 aliphatic rings. The second-order valence-corrected chi connectivity index (χ2v) is 6.00. The van der Waals surface area contributed by atoms with Crippen LogP contribution in [-0.4, -0.2) is 38.4 Å². The lowest BCUT2D eigenvalue weighted by Crippen LogP contribution is -2.26. The molecule has 1 fully saturated rings. The van der Waals surface area contributed by atoms with E-state index in [0.717, 1.165) is 31.8 Å². The first kappa shape index (κ1) is 17.5. The van der Waals surface area contributed by atoms with Gasteiger partial charge in [-0.2, -0.15) is 0 Å². The van der Waals surface area contributed by atoms with Crippen LogP contribution in [0.15, 0.2) is 24.3 Å². The molecule has 0 saturated carbocycles. The van der Waals surface area contributed by atoms with Crippen LogP contribution < -0.4 is 15.4 Å². The third kappa shape index (κ3) is 6.02. The molecule has 1 aromatic rings. The van der Waals surface area contributed by atoms with Crippen molar-refractivity contribution in [1.29, 1.82) is 0 Å². The number of amides is 1. The predicted octanol–water partition coefficient (Wildman–Crippen LogP) is 2.16. The van der Waals surface area contributed by atoms with Crippen LogP contribution in [-0.2, 0) is 4.79 Å². The summed E-state index contributed by atoms with van der Waals surface area (Å²) in [5, 5.41) is 6.27. The van der Waals surface area contributed by atoms with Crippen molar-refractivity contribution in [3.05, 3.63) is 29.8 Å². The van der Waals surface area contributed by atoms with Crippen LogP contribution in [0.5, 0.6) is 5.75 Å². The number of Topliss-reactive ketones (excluding diaryl/α,β-unsaturated/α-hetero) is 1. The Morgan fingerprint density at radius 2 is 2.04 bits per heavy atom. The maximum absolute atomic E-state index is 12.0. The highest BCUT2D eigenvalue weighted by Crippen LogP contribution is 2.14. The van der Waals surface area contributed by atoms with Crippen molar-refractivity contribution < 1.29 is 14.3 Å². The molecule has 1 aromatic carbocycles. The van der Waals surface area contributed by atoms with Gasteiger partial charge in [0.1, 0.15) is 5.75 Å². The highest BCUT2D eigenvalue weighted by atomic mass is 16.5. The summed E-state index contributed by atoms with van der Waals surface area (Å²) in [6, 6.07) is 7.07. The normalized spacial score (nSPS) is 17.0. The van der Waals surface area contributed by atoms with Crippen LogP contribution in [0.25, 0.3) is 0 Å². The summed E-state index contributed by atoms with van der Waals surface area (Å²) in [4.78, 5) is 23.8. The van der Waals surface area contributed by atoms with Crippen molar-refractivity contribution in [2.24, 2.45) is 5.92 Å². The van der Waals surface area contributed by atoms with E-state index in [0.29, 0.717) is 30.7 Å². The average molecular weight is 318 g/mol. The average Bonchev–Trinajstić information content (AvgIpc) is 3.08. The molecule has 0 aliphatic carbocycles. The van der Waals surface area contributed by atoms with Crippen molar-refractivity contribution >= 4 is 11.7 Å². The van der Waals surface area contributed by atoms with Crippen molar-refractivity contribution in [2.45, 2.75) is 32.1 Å². The molecule has 126 valence electrons. The number of carbonyl (C=O) groups excluding carboxylic acids is 2. The number of hydrogen-bond donors (Lipinski definition) is 2. The summed E-state index contributed by atoms with van der Waals surface area (Å²) >= 11 is 0. The van der Waals surface area contributed by atoms with Gasteiger partial charge in [0.15, 0.2) is 5.78 Å². The summed E-state index contributed by atoms with van der Waals surface area (Å²) in [5.74, 6) is 1.53. The van der Waals surface area contributed by atoms with E-state index >= 15 is 0 Å². The van der Waals surface area contributed by atoms with E-state index in [1.54, 1.807) is 31.4 Å². The highest BCUT2D eigenvalue weighted by Gasteiger charge is 2.14. The highest BCUT2D eigenvalue weighted by molar-refractivity contribution is 5.96. The third-order valence-corrected chi connectivity index (χ3v) is 4.26. The molecular weight excluding hydrogens is 292 g/mol. The van der Waals surface area contributed by atoms with Crippen LogP contribution in [0.3, 0.4) is 0 Å². The minimum absolute atomic E-state index is 0.0403. The number of methoxy groups -OCH3 is 1. The molecule has 1 amide bonds. The number of benzene rings is 1. The van der Waals surface area contributed by atoms with E-state index in [9.17, 15) is 9.59 Å². The molecule has 1 atom stereocenters. The Bertz CT molecular complexity index is 508. The molecular formula is C18H26N2O3. The van der Waals surface area contributed by atoms with Gasteiger partial charge in [-0.3, -0.25) is 9.59 Å². The standard InChI is InChI=1S/C18H26N2O3/c1-23-16-7-5-15(6-8-16)17(21)3-2-4-18(22)20-12-10-14-9-11-19-13-14/h5-8,14,19H,2-4,9-13H2,1H3,(H,20,22). The first-order valence-corrected chi connectivity index (χ1v) is 8.33. The van der Waals surface area contributed by atoms with Crippen molar-refractivity contribution in [1.82, 2.24) is 10.6 Å². The monoisotopic (exact) mass is 318 g/mol. The zero-order valence-electron chi connectivity index (χ0n) is 13.8. The fourth-order valence-electron chi connectivity index (χ4n) is 2.80. The van der Waals surface area contributed by atoms with Gasteiger partial charge in [-0.15, -0.1) is 0 Å². The minimum atomic E-state index is 0.0403. The fourth-order valence-corrected chi connectivity index (χ4v) is 2.80. The van der Waals surface area contributed by atoms with Gasteiger partial charge in [-0.25, -0.2) is 0 Å². The van der Waals surface area contributed by atoms with E-state index in [1.165, 1.54) is 6.42 Å². The molecule has 1 unspecified atom stereocenters. The van der Waals surface area contributed by atoms with E-state index in [-0.39, 0.29) is 11.7 Å². The summed E-state index contributed by atoms with van der Waals surface area (Å²) in [5.41, 5.74) is 0.667. The van der Waals surface area contributed by atoms with Crippen LogP contribution >= 0.6 is 0 Å². The molecule has 0 aromatic heterocycles. The van der Waals surface area contributed by atoms with Crippen LogP contribution in [0.4, 0.5) is 0 Å². The molecule has 0 radical (unpaired) electrons. The Kier molecular flexibility index (Phi) is 7.07. The zero-order chi connectivity index (χ0) is 16.5. The maximum atomic E-state index is 12.0. The summed E-state index contributed by atoms with van der Waals surface area (Å²) < 4.78 is 5.07. The topological polar surface area (TPSA) is 67.4 Å². The molecule has 5 heteroatoms. The molecule has 2 rings (SSSR count). The summed E-state index contributed by atoms with van der Waals surface area (Å²) in [6.45, 7) is 2.88. The zero-order valence-corrected chi connectivity index (χ0v) is 13.8. The maximum Gasteiger partial charge on any atom is 0.220 e. The van der Waals surface area contributed by atoms with E-state index in [1.807, 2.05) is 0 Å². The Labute approximate surface area is 137 Å². The molecule has 1 saturated heterocycles. The van der Waals surface area contributed by atoms with Gasteiger partial charge in [0.25, 0.3) is 0 Å². The number of carbonyl (C=O) groups is 2. The summed E-state index contributed by atoms with van der Waals surface area (Å²) in [6.07, 6.45) is 3.62. The van der Waals surface area contributed by atoms with Gasteiger partial charge in [0.2, 0.25) is 5.91 Å². The van der Waals surface area contributed by atoms with Crippen LogP contribution in [0.2, 0.25) is 0 Å². The first-order chi connectivity index (χ1) is 11.2. The second kappa shape index (κ2) is 9.30. The van der Waals surface area contributed by atoms with Gasteiger partial charge in [-0.1, -0.05) is 0 Å². The lowest BCUT2D eigenvalue weighted by molar-refractivity contribution is -0.121. The molecule has 0 spiro atoms. The summed E-state index contributed by atoms with van der Waals surface area (Å²) in [7, 11) is 1.60. The SMILES string of the molecule is COc1ccc(C(=O)CCCC(=O)NCCC2CCNC2)cc1. The van der Waals surface area contributed by atoms with Crippen LogP contribution in [0.1, 0.15) is 42.5 Å². The van der Waals surface area contributed by atoms with Gasteiger partial charge >= 0.3 is 0 Å². The second-order valence-electron chi connectivity index (χ2n) is 6.00. The Hall–Kier alpha value is -1.88. The Morgan fingerprint density at radius 1 is 1.26 bits per heavy atom. The van der Waals surface area contributed by atoms with Crippen LogP contribution in [0, 0.1) is 5.92 Å². The van der Waals surface area contributed by atoms with E-state index in [4.69, 9.17) is 4.74 Å². The molecule has 5 nitrogen and oxygen atoms in total. The van der Waals surface area contributed by atoms with E-state index < -0.39 is 0 Å². The quantitative estimate of drug-likeness (QED) is 0.685. The van der Waals surface area contributed by atoms with Crippen molar-refractivity contribution in [3.8, 4) is 5.75 Å². The molecule has 1 heterocycles. The van der Waals surface area contributed by atoms with Gasteiger partial charge < -0.3 is 15.4 Å². The lowest BCUT2D eigenvalue weighted by Gasteiger charge is -2.09. The molecule has 23 heavy (non-hydrogen) atoms. The fraction of sp³-hybridized carbons (Fsp3) is 0.556. The molecule has 0 bridgehead atoms. The van der Waals surface area contributed by atoms with Crippen molar-refractivity contribution in [3.63, 3.8) is 0 Å². The van der Waals surface area contributed by atoms with Gasteiger partial charge in [0.05, 0.1) is 7.11 Å². The van der Waals surface area contributed by atoms with E-state index in [2.05, 4.69) is 10.6 Å². The Balaban J connectivity index is 1.59. The lowest BCUT2D eigenvalue weighted by atomic mass is 10.0. The molecule has 2 N–H and O–H groups in total. The van der Waals surface area contributed by atoms with Gasteiger partial charge in [-0.05, 0) is 62.5 Å². The minimum Gasteiger partial charge on any atom is -0.497 e. The first-order valence-electron chi connectivity index (χ1n) is 8.33. The number of ether oxygens (including phenoxy) is 1. The predicted molar refractivity (Wildman–Crippen MR) is 89.8 cm³/mol. The third-order valence-electron chi connectivity index (χ3n) is 4.26. The number of hydrogen-bond acceptors (Lipinski definition) is 4. The Morgan fingerprint density at radius 3 is 2.70 bits per heavy atom. The largest absolute Gasteiger partial charge is 0.497 e. The van der Waals surface area contributed by atoms with Crippen molar-refractivity contribution in [2.75, 3.05) is 26.7 Å². The van der Waals surface area contributed by atoms with Gasteiger partial charge in [0, 0.05) is 24.9 Å². The number of rotatable bonds is 9. The smallest absolute Gasteiger partial charge is 0.220 e. The number of ketones is 1. The number of nitrogens with one attached hydrogen (secondary N) is 2. The molecule has 1 aliphatic heterocycles.